The fourth-order valence-corrected chi connectivity index (χ4v) is 3.67. The van der Waals surface area contributed by atoms with Crippen molar-refractivity contribution in [1.82, 2.24) is 19.7 Å². The molecule has 1 amide bonds. The van der Waals surface area contributed by atoms with Crippen LogP contribution in [-0.4, -0.2) is 51.6 Å². The summed E-state index contributed by atoms with van der Waals surface area (Å²) in [5.74, 6) is 1.16. The van der Waals surface area contributed by atoms with Gasteiger partial charge in [0.25, 0.3) is 0 Å². The number of carbonyl (C=O) groups excluding carboxylic acids is 1. The van der Waals surface area contributed by atoms with Crippen LogP contribution in [0, 0.1) is 6.92 Å². The average Bonchev–Trinajstić information content (AvgIpc) is 3.21. The molecule has 9 heteroatoms. The predicted molar refractivity (Wildman–Crippen MR) is 112 cm³/mol. The lowest BCUT2D eigenvalue weighted by Gasteiger charge is -2.19. The number of amides is 1. The third kappa shape index (κ3) is 3.87. The van der Waals surface area contributed by atoms with E-state index in [4.69, 9.17) is 25.8 Å². The molecule has 2 atom stereocenters. The molecule has 0 aliphatic carbocycles. The number of aryl methyl sites for hydroxylation is 2. The number of ether oxygens (including phenoxy) is 3. The summed E-state index contributed by atoms with van der Waals surface area (Å²) in [6.07, 6.45) is -1.21. The minimum absolute atomic E-state index is 0.298. The van der Waals surface area contributed by atoms with Gasteiger partial charge in [0.2, 0.25) is 5.88 Å². The number of halogens is 1. The quantitative estimate of drug-likeness (QED) is 0.554. The SMILES string of the molecule is COc1ccc(CN2C[C@H]([C@@H](C)Oc3nc(Cl)cc4nn(C)c(C)c34)OC2=O)cc1. The van der Waals surface area contributed by atoms with E-state index in [2.05, 4.69) is 10.1 Å². The van der Waals surface area contributed by atoms with E-state index in [9.17, 15) is 4.79 Å². The van der Waals surface area contributed by atoms with Crippen LogP contribution >= 0.6 is 11.6 Å². The Hall–Kier alpha value is -3.00. The summed E-state index contributed by atoms with van der Waals surface area (Å²) in [5.41, 5.74) is 2.62. The Morgan fingerprint density at radius 1 is 1.33 bits per heavy atom. The third-order valence-electron chi connectivity index (χ3n) is 5.30. The standard InChI is InChI=1S/C21H23ClN4O4/c1-12-19-16(24-25(12)3)9-18(22)23-20(19)29-13(2)17-11-26(21(27)30-17)10-14-5-7-15(28-4)8-6-14/h5-9,13,17H,10-11H2,1-4H3/t13-,17-/m1/s1. The molecule has 158 valence electrons. The molecule has 1 saturated heterocycles. The molecule has 1 aromatic carbocycles. The fourth-order valence-electron chi connectivity index (χ4n) is 3.49. The zero-order chi connectivity index (χ0) is 21.4. The number of aromatic nitrogens is 3. The second-order valence-corrected chi connectivity index (χ2v) is 7.71. The maximum atomic E-state index is 12.4. The summed E-state index contributed by atoms with van der Waals surface area (Å²) in [5, 5.41) is 5.53. The maximum absolute atomic E-state index is 12.4. The third-order valence-corrected chi connectivity index (χ3v) is 5.50. The molecule has 3 aromatic rings. The van der Waals surface area contributed by atoms with Crippen LogP contribution in [0.25, 0.3) is 10.9 Å². The number of carbonyl (C=O) groups is 1. The molecule has 1 aliphatic rings. The Morgan fingerprint density at radius 3 is 2.77 bits per heavy atom. The van der Waals surface area contributed by atoms with Gasteiger partial charge in [0.05, 0.1) is 19.0 Å². The molecule has 8 nitrogen and oxygen atoms in total. The van der Waals surface area contributed by atoms with Crippen molar-refractivity contribution in [2.75, 3.05) is 13.7 Å². The summed E-state index contributed by atoms with van der Waals surface area (Å²) in [6, 6.07) is 9.29. The van der Waals surface area contributed by atoms with Crippen molar-refractivity contribution in [2.45, 2.75) is 32.6 Å². The molecular formula is C21H23ClN4O4. The van der Waals surface area contributed by atoms with Crippen LogP contribution in [0.5, 0.6) is 11.6 Å². The highest BCUT2D eigenvalue weighted by Crippen LogP contribution is 2.30. The molecule has 3 heterocycles. The van der Waals surface area contributed by atoms with E-state index in [0.717, 1.165) is 22.4 Å². The molecule has 0 radical (unpaired) electrons. The molecule has 0 bridgehead atoms. The second kappa shape index (κ2) is 8.02. The summed E-state index contributed by atoms with van der Waals surface area (Å²) < 4.78 is 18.6. The number of methoxy groups -OCH3 is 1. The van der Waals surface area contributed by atoms with Crippen molar-refractivity contribution in [3.05, 3.63) is 46.7 Å². The lowest BCUT2D eigenvalue weighted by Crippen LogP contribution is -2.33. The number of benzene rings is 1. The van der Waals surface area contributed by atoms with Gasteiger partial charge >= 0.3 is 6.09 Å². The van der Waals surface area contributed by atoms with Gasteiger partial charge < -0.3 is 19.1 Å². The van der Waals surface area contributed by atoms with Crippen molar-refractivity contribution < 1.29 is 19.0 Å². The summed E-state index contributed by atoms with van der Waals surface area (Å²) in [7, 11) is 3.47. The van der Waals surface area contributed by atoms with Gasteiger partial charge in [-0.1, -0.05) is 23.7 Å². The minimum atomic E-state index is -0.427. The monoisotopic (exact) mass is 430 g/mol. The second-order valence-electron chi connectivity index (χ2n) is 7.33. The first-order valence-electron chi connectivity index (χ1n) is 9.60. The van der Waals surface area contributed by atoms with Gasteiger partial charge in [0.15, 0.2) is 6.10 Å². The number of cyclic esters (lactones) is 1. The highest BCUT2D eigenvalue weighted by molar-refractivity contribution is 6.30. The molecule has 0 unspecified atom stereocenters. The maximum Gasteiger partial charge on any atom is 0.410 e. The summed E-state index contributed by atoms with van der Waals surface area (Å²) in [4.78, 5) is 18.4. The Balaban J connectivity index is 1.47. The van der Waals surface area contributed by atoms with Crippen molar-refractivity contribution in [3.8, 4) is 11.6 Å². The smallest absolute Gasteiger partial charge is 0.410 e. The summed E-state index contributed by atoms with van der Waals surface area (Å²) >= 11 is 6.14. The van der Waals surface area contributed by atoms with Crippen LogP contribution in [0.4, 0.5) is 4.79 Å². The Bertz CT molecular complexity index is 1080. The molecule has 1 fully saturated rings. The van der Waals surface area contributed by atoms with E-state index in [1.165, 1.54) is 0 Å². The number of hydrogen-bond donors (Lipinski definition) is 0. The van der Waals surface area contributed by atoms with Gasteiger partial charge in [-0.05, 0) is 31.5 Å². The van der Waals surface area contributed by atoms with E-state index < -0.39 is 12.2 Å². The zero-order valence-electron chi connectivity index (χ0n) is 17.3. The van der Waals surface area contributed by atoms with Gasteiger partial charge in [-0.15, -0.1) is 0 Å². The van der Waals surface area contributed by atoms with E-state index in [1.807, 2.05) is 45.2 Å². The van der Waals surface area contributed by atoms with Gasteiger partial charge in [0.1, 0.15) is 22.5 Å². The number of nitrogens with zero attached hydrogens (tertiary/aromatic N) is 4. The molecule has 0 N–H and O–H groups in total. The zero-order valence-corrected chi connectivity index (χ0v) is 18.0. The number of pyridine rings is 1. The van der Waals surface area contributed by atoms with Crippen LogP contribution in [0.1, 0.15) is 18.2 Å². The van der Waals surface area contributed by atoms with Crippen LogP contribution in [0.2, 0.25) is 5.15 Å². The van der Waals surface area contributed by atoms with Gasteiger partial charge in [-0.2, -0.15) is 5.10 Å². The van der Waals surface area contributed by atoms with E-state index >= 15 is 0 Å². The Labute approximate surface area is 179 Å². The fraction of sp³-hybridized carbons (Fsp3) is 0.381. The first kappa shape index (κ1) is 20.3. The molecule has 1 aliphatic heterocycles. The highest BCUT2D eigenvalue weighted by atomic mass is 35.5. The van der Waals surface area contributed by atoms with Crippen molar-refractivity contribution in [3.63, 3.8) is 0 Å². The minimum Gasteiger partial charge on any atom is -0.497 e. The van der Waals surface area contributed by atoms with Crippen molar-refractivity contribution in [2.24, 2.45) is 7.05 Å². The van der Waals surface area contributed by atoms with E-state index in [1.54, 1.807) is 22.8 Å². The topological polar surface area (TPSA) is 78.7 Å². The van der Waals surface area contributed by atoms with Crippen LogP contribution in [0.15, 0.2) is 30.3 Å². The molecule has 30 heavy (non-hydrogen) atoms. The first-order chi connectivity index (χ1) is 14.4. The Morgan fingerprint density at radius 2 is 2.07 bits per heavy atom. The van der Waals surface area contributed by atoms with E-state index in [-0.39, 0.29) is 6.09 Å². The van der Waals surface area contributed by atoms with Crippen molar-refractivity contribution >= 4 is 28.6 Å². The molecule has 4 rings (SSSR count). The van der Waals surface area contributed by atoms with Crippen LogP contribution in [-0.2, 0) is 18.3 Å². The van der Waals surface area contributed by atoms with Crippen LogP contribution in [0.3, 0.4) is 0 Å². The molecule has 0 saturated carbocycles. The average molecular weight is 431 g/mol. The largest absolute Gasteiger partial charge is 0.497 e. The van der Waals surface area contributed by atoms with Gasteiger partial charge in [-0.3, -0.25) is 4.68 Å². The van der Waals surface area contributed by atoms with Crippen LogP contribution < -0.4 is 9.47 Å². The highest BCUT2D eigenvalue weighted by Gasteiger charge is 2.36. The molecular weight excluding hydrogens is 408 g/mol. The normalized spacial score (nSPS) is 17.3. The number of rotatable bonds is 6. The lowest BCUT2D eigenvalue weighted by atomic mass is 10.2. The number of fused-ring (bicyclic) bond motifs is 1. The molecule has 2 aromatic heterocycles. The lowest BCUT2D eigenvalue weighted by molar-refractivity contribution is 0.0562. The first-order valence-corrected chi connectivity index (χ1v) is 9.98. The Kier molecular flexibility index (Phi) is 5.42. The van der Waals surface area contributed by atoms with Gasteiger partial charge in [-0.25, -0.2) is 9.78 Å². The van der Waals surface area contributed by atoms with E-state index in [0.29, 0.717) is 29.6 Å². The molecule has 0 spiro atoms. The van der Waals surface area contributed by atoms with Gasteiger partial charge in [0, 0.05) is 25.4 Å². The number of hydrogen-bond acceptors (Lipinski definition) is 6. The van der Waals surface area contributed by atoms with Crippen molar-refractivity contribution in [1.29, 1.82) is 0 Å². The summed E-state index contributed by atoms with van der Waals surface area (Å²) in [6.45, 7) is 4.67. The predicted octanol–water partition coefficient (Wildman–Crippen LogP) is 3.73.